The van der Waals surface area contributed by atoms with Gasteiger partial charge in [-0.05, 0) is 18.2 Å². The van der Waals surface area contributed by atoms with Crippen LogP contribution in [-0.2, 0) is 15.8 Å². The average Bonchev–Trinajstić information content (AvgIpc) is 2.33. The van der Waals surface area contributed by atoms with Gasteiger partial charge in [0.1, 0.15) is 0 Å². The van der Waals surface area contributed by atoms with Gasteiger partial charge in [-0.25, -0.2) is 0 Å². The minimum Gasteiger partial charge on any atom is -0.355 e. The van der Waals surface area contributed by atoms with Crippen molar-refractivity contribution >= 4 is 29.1 Å². The molecule has 0 aromatic heterocycles. The topological polar surface area (TPSA) is 49.4 Å². The molecule has 1 N–H and O–H groups in total. The fourth-order valence-electron chi connectivity index (χ4n) is 1.71. The van der Waals surface area contributed by atoms with Gasteiger partial charge in [-0.15, -0.1) is 0 Å². The van der Waals surface area contributed by atoms with Gasteiger partial charge in [0.25, 0.3) is 0 Å². The Hall–Kier alpha value is -1.76. The van der Waals surface area contributed by atoms with E-state index in [0.29, 0.717) is 0 Å². The van der Waals surface area contributed by atoms with Crippen LogP contribution in [0.1, 0.15) is 19.4 Å². The molecule has 21 heavy (non-hydrogen) atoms. The highest BCUT2D eigenvalue weighted by molar-refractivity contribution is 6.31. The minimum atomic E-state index is -4.60. The first-order valence-corrected chi connectivity index (χ1v) is 6.40. The summed E-state index contributed by atoms with van der Waals surface area (Å²) in [6, 6.07) is 3.23. The fraction of sp³-hybridized carbons (Fsp3) is 0.385. The van der Waals surface area contributed by atoms with Gasteiger partial charge >= 0.3 is 6.18 Å². The van der Waals surface area contributed by atoms with E-state index in [4.69, 9.17) is 11.6 Å². The fourth-order valence-corrected chi connectivity index (χ4v) is 1.94. The number of nitrogens with one attached hydrogen (secondary N) is 1. The third kappa shape index (κ3) is 4.93. The highest BCUT2D eigenvalue weighted by Gasteiger charge is 2.34. The van der Waals surface area contributed by atoms with E-state index in [9.17, 15) is 22.8 Å². The molecule has 0 saturated carbocycles. The first kappa shape index (κ1) is 17.3. The van der Waals surface area contributed by atoms with Crippen molar-refractivity contribution in [3.63, 3.8) is 0 Å². The predicted octanol–water partition coefficient (Wildman–Crippen LogP) is 2.85. The lowest BCUT2D eigenvalue weighted by Crippen LogP contribution is -2.37. The second-order valence-corrected chi connectivity index (χ2v) is 4.72. The van der Waals surface area contributed by atoms with Crippen molar-refractivity contribution in [2.75, 3.05) is 18.0 Å². The molecule has 116 valence electrons. The standard InChI is InChI=1S/C13H14ClF3N2O2/c1-8(20)18-5-6-19(9(2)21)10-3-4-12(14)11(7-10)13(15,16)17/h3-4,7H,5-6H2,1-2H3,(H,18,20). The lowest BCUT2D eigenvalue weighted by atomic mass is 10.1. The highest BCUT2D eigenvalue weighted by Crippen LogP contribution is 2.36. The highest BCUT2D eigenvalue weighted by atomic mass is 35.5. The van der Waals surface area contributed by atoms with Gasteiger partial charge in [0.15, 0.2) is 0 Å². The quantitative estimate of drug-likeness (QED) is 0.926. The van der Waals surface area contributed by atoms with E-state index in [1.165, 1.54) is 19.9 Å². The summed E-state index contributed by atoms with van der Waals surface area (Å²) in [7, 11) is 0. The van der Waals surface area contributed by atoms with Crippen LogP contribution in [0.25, 0.3) is 0 Å². The van der Waals surface area contributed by atoms with Gasteiger partial charge in [-0.2, -0.15) is 13.2 Å². The predicted molar refractivity (Wildman–Crippen MR) is 73.2 cm³/mol. The van der Waals surface area contributed by atoms with E-state index in [-0.39, 0.29) is 24.7 Å². The summed E-state index contributed by atoms with van der Waals surface area (Å²) in [5, 5.41) is 2.04. The summed E-state index contributed by atoms with van der Waals surface area (Å²) in [6.07, 6.45) is -4.60. The summed E-state index contributed by atoms with van der Waals surface area (Å²) in [4.78, 5) is 23.5. The van der Waals surface area contributed by atoms with Gasteiger partial charge in [0.2, 0.25) is 11.8 Å². The molecular weight excluding hydrogens is 309 g/mol. The molecule has 0 bridgehead atoms. The molecule has 0 aliphatic heterocycles. The zero-order valence-corrected chi connectivity index (χ0v) is 12.2. The number of anilines is 1. The number of alkyl halides is 3. The summed E-state index contributed by atoms with van der Waals surface area (Å²) >= 11 is 5.53. The van der Waals surface area contributed by atoms with Crippen LogP contribution in [0, 0.1) is 0 Å². The zero-order chi connectivity index (χ0) is 16.2. The van der Waals surface area contributed by atoms with Crippen LogP contribution in [0.5, 0.6) is 0 Å². The Labute approximate surface area is 124 Å². The molecule has 2 amide bonds. The second kappa shape index (κ2) is 6.80. The Morgan fingerprint density at radius 2 is 1.90 bits per heavy atom. The number of carbonyl (C=O) groups is 2. The van der Waals surface area contributed by atoms with Crippen LogP contribution < -0.4 is 10.2 Å². The van der Waals surface area contributed by atoms with Gasteiger partial charge in [0.05, 0.1) is 10.6 Å². The van der Waals surface area contributed by atoms with Crippen LogP contribution >= 0.6 is 11.6 Å². The van der Waals surface area contributed by atoms with Crippen molar-refractivity contribution in [3.8, 4) is 0 Å². The van der Waals surface area contributed by atoms with Gasteiger partial charge in [0, 0.05) is 32.6 Å². The normalized spacial score (nSPS) is 11.1. The number of rotatable bonds is 4. The number of carbonyl (C=O) groups excluding carboxylic acids is 2. The van der Waals surface area contributed by atoms with Crippen LogP contribution in [0.3, 0.4) is 0 Å². The maximum absolute atomic E-state index is 12.8. The van der Waals surface area contributed by atoms with Crippen LogP contribution in [0.15, 0.2) is 18.2 Å². The van der Waals surface area contributed by atoms with E-state index in [2.05, 4.69) is 5.32 Å². The van der Waals surface area contributed by atoms with E-state index < -0.39 is 22.7 Å². The van der Waals surface area contributed by atoms with Crippen molar-refractivity contribution in [3.05, 3.63) is 28.8 Å². The van der Waals surface area contributed by atoms with E-state index in [1.54, 1.807) is 0 Å². The summed E-state index contributed by atoms with van der Waals surface area (Å²) in [6.45, 7) is 2.74. The number of amides is 2. The third-order valence-corrected chi connectivity index (χ3v) is 2.99. The van der Waals surface area contributed by atoms with Crippen molar-refractivity contribution in [1.29, 1.82) is 0 Å². The average molecular weight is 323 g/mol. The largest absolute Gasteiger partial charge is 0.417 e. The van der Waals surface area contributed by atoms with Crippen molar-refractivity contribution in [2.45, 2.75) is 20.0 Å². The smallest absolute Gasteiger partial charge is 0.355 e. The minimum absolute atomic E-state index is 0.0633. The maximum atomic E-state index is 12.8. The molecule has 8 heteroatoms. The summed E-state index contributed by atoms with van der Waals surface area (Å²) < 4.78 is 38.4. The van der Waals surface area contributed by atoms with Gasteiger partial charge in [-0.1, -0.05) is 11.6 Å². The molecule has 0 spiro atoms. The Bertz CT molecular complexity index is 547. The van der Waals surface area contributed by atoms with E-state index >= 15 is 0 Å². The molecule has 0 aliphatic rings. The van der Waals surface area contributed by atoms with Crippen LogP contribution in [0.4, 0.5) is 18.9 Å². The molecule has 1 rings (SSSR count). The second-order valence-electron chi connectivity index (χ2n) is 4.32. The van der Waals surface area contributed by atoms with E-state index in [0.717, 1.165) is 17.0 Å². The third-order valence-electron chi connectivity index (χ3n) is 2.66. The van der Waals surface area contributed by atoms with Crippen molar-refractivity contribution in [2.24, 2.45) is 0 Å². The van der Waals surface area contributed by atoms with Crippen LogP contribution in [0.2, 0.25) is 5.02 Å². The molecule has 0 heterocycles. The zero-order valence-electron chi connectivity index (χ0n) is 11.4. The summed E-state index contributed by atoms with van der Waals surface area (Å²) in [5.41, 5.74) is -0.933. The van der Waals surface area contributed by atoms with Crippen molar-refractivity contribution in [1.82, 2.24) is 5.32 Å². The number of benzene rings is 1. The number of nitrogens with zero attached hydrogens (tertiary/aromatic N) is 1. The molecular formula is C13H14ClF3N2O2. The number of halogens is 4. The molecule has 0 unspecified atom stereocenters. The van der Waals surface area contributed by atoms with E-state index in [1.807, 2.05) is 0 Å². The Kier molecular flexibility index (Phi) is 5.60. The molecule has 0 saturated heterocycles. The Morgan fingerprint density at radius 1 is 1.29 bits per heavy atom. The lowest BCUT2D eigenvalue weighted by molar-refractivity contribution is -0.137. The number of hydrogen-bond donors (Lipinski definition) is 1. The number of hydrogen-bond acceptors (Lipinski definition) is 2. The monoisotopic (exact) mass is 322 g/mol. The molecule has 0 atom stereocenters. The first-order valence-electron chi connectivity index (χ1n) is 6.02. The SMILES string of the molecule is CC(=O)NCCN(C(C)=O)c1ccc(Cl)c(C(F)(F)F)c1. The summed E-state index contributed by atoms with van der Waals surface area (Å²) in [5.74, 6) is -0.721. The molecule has 0 radical (unpaired) electrons. The Balaban J connectivity index is 3.04. The molecule has 1 aromatic rings. The lowest BCUT2D eigenvalue weighted by Gasteiger charge is -2.22. The maximum Gasteiger partial charge on any atom is 0.417 e. The van der Waals surface area contributed by atoms with Crippen LogP contribution in [-0.4, -0.2) is 24.9 Å². The Morgan fingerprint density at radius 3 is 2.38 bits per heavy atom. The van der Waals surface area contributed by atoms with Crippen molar-refractivity contribution < 1.29 is 22.8 Å². The molecule has 0 aliphatic carbocycles. The molecule has 4 nitrogen and oxygen atoms in total. The molecule has 1 aromatic carbocycles. The first-order chi connectivity index (χ1) is 9.62. The molecule has 0 fully saturated rings. The van der Waals surface area contributed by atoms with Gasteiger partial charge in [-0.3, -0.25) is 9.59 Å². The van der Waals surface area contributed by atoms with Gasteiger partial charge < -0.3 is 10.2 Å².